The molecule has 0 radical (unpaired) electrons. The fraction of sp³-hybridized carbons (Fsp3) is 0.413. The zero-order valence-corrected chi connectivity index (χ0v) is 33.7. The molecule has 4 aliphatic heterocycles. The van der Waals surface area contributed by atoms with E-state index in [1.165, 1.54) is 18.3 Å². The molecule has 1 amide bonds. The highest BCUT2D eigenvalue weighted by Crippen LogP contribution is 2.39. The third-order valence-corrected chi connectivity index (χ3v) is 12.9. The third kappa shape index (κ3) is 7.78. The summed E-state index contributed by atoms with van der Waals surface area (Å²) >= 11 is 0. The number of rotatable bonds is 8. The highest BCUT2D eigenvalue weighted by Gasteiger charge is 2.39. The van der Waals surface area contributed by atoms with Crippen LogP contribution in [-0.2, 0) is 0 Å². The van der Waals surface area contributed by atoms with Crippen LogP contribution in [0.4, 0.5) is 30.4 Å². The Morgan fingerprint density at radius 1 is 1.02 bits per heavy atom. The van der Waals surface area contributed by atoms with E-state index >= 15 is 13.2 Å². The number of carbonyl (C=O) groups is 1. The van der Waals surface area contributed by atoms with Crippen molar-refractivity contribution in [3.05, 3.63) is 107 Å². The molecular weight excluding hydrogens is 768 g/mol. The number of piperidine rings is 3. The number of nitrogen functional groups attached to an aromatic ring is 1. The normalized spacial score (nSPS) is 23.2. The van der Waals surface area contributed by atoms with E-state index in [0.717, 1.165) is 35.5 Å². The average molecular weight is 822 g/mol. The van der Waals surface area contributed by atoms with Crippen molar-refractivity contribution >= 4 is 34.0 Å². The number of hydrogen-bond acceptors (Lipinski definition) is 9. The standard InChI is InChI=1S/C46H52F3N9O2/c1-30-26-58(38-24-36(47)43(42(48)41(30)38)57-19-5-17-51-29-57)34-13-20-54(21-14-34)28-46(49)15-22-55(23-16-46)45(60)32-11-9-31(10-12-32)33-6-4-18-56(27-33)39-25-37(52-53-44(39)50)35-7-2-3-8-40(35)59/h2-3,5,7-12,19,24-26,33-34,51,59H,4,6,13-18,20-23,27-29H2,1H3,(H2,50,53)/i17D,29D/t17?,29-,33?/m0/s1. The summed E-state index contributed by atoms with van der Waals surface area (Å²) in [5.74, 6) is -0.944. The number of para-hydroxylation sites is 1. The fourth-order valence-corrected chi connectivity index (χ4v) is 9.59. The number of halogens is 3. The zero-order chi connectivity index (χ0) is 43.3. The number of nitrogens with two attached hydrogens (primary N) is 1. The summed E-state index contributed by atoms with van der Waals surface area (Å²) in [6.45, 7) is 3.50. The monoisotopic (exact) mass is 821 g/mol. The highest BCUT2D eigenvalue weighted by molar-refractivity contribution is 5.94. The number of hydrogen-bond donors (Lipinski definition) is 3. The summed E-state index contributed by atoms with van der Waals surface area (Å²) in [5.41, 5.74) is 9.30. The molecule has 60 heavy (non-hydrogen) atoms. The van der Waals surface area contributed by atoms with Crippen LogP contribution in [0, 0.1) is 18.6 Å². The van der Waals surface area contributed by atoms with Gasteiger partial charge in [-0.05, 0) is 74.1 Å². The number of benzene rings is 3. The summed E-state index contributed by atoms with van der Waals surface area (Å²) in [6.07, 6.45) is 8.48. The number of amides is 1. The quantitative estimate of drug-likeness (QED) is 0.146. The predicted octanol–water partition coefficient (Wildman–Crippen LogP) is 7.52. The first-order valence-corrected chi connectivity index (χ1v) is 20.9. The molecule has 3 fully saturated rings. The highest BCUT2D eigenvalue weighted by atomic mass is 19.1. The first-order valence-electron chi connectivity index (χ1n) is 22.0. The molecule has 314 valence electrons. The Hall–Kier alpha value is -5.60. The summed E-state index contributed by atoms with van der Waals surface area (Å²) in [7, 11) is 0. The van der Waals surface area contributed by atoms with E-state index in [-0.39, 0.29) is 48.7 Å². The second-order valence-electron chi connectivity index (χ2n) is 16.7. The number of nitrogens with zero attached hydrogens (tertiary/aromatic N) is 7. The molecule has 2 unspecified atom stereocenters. The Morgan fingerprint density at radius 2 is 1.78 bits per heavy atom. The van der Waals surface area contributed by atoms with Crippen molar-refractivity contribution in [3.63, 3.8) is 0 Å². The van der Waals surface area contributed by atoms with Gasteiger partial charge in [0, 0.05) is 113 Å². The summed E-state index contributed by atoms with van der Waals surface area (Å²) in [4.78, 5) is 20.9. The molecule has 2 aromatic heterocycles. The number of fused-ring (bicyclic) bond motifs is 1. The molecule has 3 atom stereocenters. The van der Waals surface area contributed by atoms with E-state index in [2.05, 4.69) is 25.3 Å². The molecule has 3 aromatic carbocycles. The molecule has 11 nitrogen and oxygen atoms in total. The Balaban J connectivity index is 0.782. The van der Waals surface area contributed by atoms with Gasteiger partial charge < -0.3 is 35.0 Å². The van der Waals surface area contributed by atoms with E-state index in [9.17, 15) is 9.90 Å². The first kappa shape index (κ1) is 37.4. The maximum Gasteiger partial charge on any atom is 0.253 e. The van der Waals surface area contributed by atoms with Gasteiger partial charge in [0.2, 0.25) is 0 Å². The van der Waals surface area contributed by atoms with Crippen LogP contribution < -0.4 is 20.9 Å². The zero-order valence-electron chi connectivity index (χ0n) is 35.7. The van der Waals surface area contributed by atoms with E-state index in [0.29, 0.717) is 84.7 Å². The van der Waals surface area contributed by atoms with Crippen molar-refractivity contribution in [3.8, 4) is 17.0 Å². The lowest BCUT2D eigenvalue weighted by Gasteiger charge is -2.41. The summed E-state index contributed by atoms with van der Waals surface area (Å²) < 4.78 is 65.9. The summed E-state index contributed by atoms with van der Waals surface area (Å²) in [6, 6.07) is 18.0. The SMILES string of the molecule is [2H]C1C=CN(c2c(F)cc3c(c(C)cn3C3CCN(CC4(F)CCN(C(=O)c5ccc(C6CCCN(c7cc(-c8ccccc8O)nnc7N)C6)cc5)CC4)CC3)c2F)[C@@H]([2H])N1. The molecule has 6 heterocycles. The third-order valence-electron chi connectivity index (χ3n) is 12.9. The van der Waals surface area contributed by atoms with Crippen LogP contribution in [0.15, 0.2) is 79.1 Å². The molecule has 14 heteroatoms. The number of phenols is 1. The van der Waals surface area contributed by atoms with E-state index < -0.39 is 30.5 Å². The van der Waals surface area contributed by atoms with Gasteiger partial charge >= 0.3 is 0 Å². The van der Waals surface area contributed by atoms with Crippen LogP contribution in [0.1, 0.15) is 74.7 Å². The van der Waals surface area contributed by atoms with Gasteiger partial charge in [0.25, 0.3) is 5.91 Å². The van der Waals surface area contributed by atoms with Gasteiger partial charge in [0.1, 0.15) is 17.1 Å². The molecule has 3 saturated heterocycles. The molecule has 4 aliphatic rings. The summed E-state index contributed by atoms with van der Waals surface area (Å²) in [5, 5.41) is 21.8. The van der Waals surface area contributed by atoms with Crippen LogP contribution in [0.2, 0.25) is 0 Å². The number of aryl methyl sites for hydroxylation is 1. The molecule has 9 rings (SSSR count). The number of alkyl halides is 1. The van der Waals surface area contributed by atoms with E-state index in [1.54, 1.807) is 30.0 Å². The average Bonchev–Trinajstić information content (AvgIpc) is 3.60. The van der Waals surface area contributed by atoms with Gasteiger partial charge in [-0.3, -0.25) is 10.1 Å². The van der Waals surface area contributed by atoms with Crippen molar-refractivity contribution in [1.82, 2.24) is 29.9 Å². The van der Waals surface area contributed by atoms with Crippen molar-refractivity contribution in [2.75, 3.05) is 74.5 Å². The Morgan fingerprint density at radius 3 is 2.53 bits per heavy atom. The van der Waals surface area contributed by atoms with E-state index in [4.69, 9.17) is 8.48 Å². The minimum Gasteiger partial charge on any atom is -0.507 e. The Bertz CT molecular complexity index is 2490. The first-order chi connectivity index (χ1) is 29.9. The largest absolute Gasteiger partial charge is 0.507 e. The van der Waals surface area contributed by atoms with E-state index in [1.807, 2.05) is 47.2 Å². The Labute approximate surface area is 351 Å². The number of aromatic hydroxyl groups is 1. The molecule has 0 spiro atoms. The molecule has 0 saturated carbocycles. The van der Waals surface area contributed by atoms with Gasteiger partial charge in [0.05, 0.1) is 24.9 Å². The van der Waals surface area contributed by atoms with Crippen molar-refractivity contribution < 1.29 is 25.8 Å². The van der Waals surface area contributed by atoms with Gasteiger partial charge in [-0.1, -0.05) is 30.3 Å². The minimum absolute atomic E-state index is 0.0167. The van der Waals surface area contributed by atoms with Crippen LogP contribution >= 0.6 is 0 Å². The lowest BCUT2D eigenvalue weighted by Crippen LogP contribution is -2.51. The number of anilines is 3. The van der Waals surface area contributed by atoms with Crippen LogP contribution in [0.3, 0.4) is 0 Å². The number of likely N-dealkylation sites (tertiary alicyclic amines) is 2. The predicted molar refractivity (Wildman–Crippen MR) is 229 cm³/mol. The molecule has 0 bridgehead atoms. The van der Waals surface area contributed by atoms with Gasteiger partial charge in [-0.15, -0.1) is 10.2 Å². The number of carbonyl (C=O) groups excluding carboxylic acids is 1. The smallest absolute Gasteiger partial charge is 0.253 e. The van der Waals surface area contributed by atoms with Gasteiger partial charge in [-0.2, -0.15) is 0 Å². The van der Waals surface area contributed by atoms with Crippen LogP contribution in [0.5, 0.6) is 5.75 Å². The Kier molecular flexibility index (Phi) is 10.3. The molecule has 4 N–H and O–H groups in total. The lowest BCUT2D eigenvalue weighted by atomic mass is 9.89. The number of nitrogens with one attached hydrogen (secondary N) is 1. The van der Waals surface area contributed by atoms with Gasteiger partial charge in [0.15, 0.2) is 17.5 Å². The van der Waals surface area contributed by atoms with Crippen molar-refractivity contribution in [2.45, 2.75) is 63.1 Å². The maximum atomic E-state index is 16.4. The van der Waals surface area contributed by atoms with Crippen molar-refractivity contribution in [1.29, 1.82) is 0 Å². The van der Waals surface area contributed by atoms with Crippen LogP contribution in [-0.4, -0.2) is 100 Å². The lowest BCUT2D eigenvalue weighted by molar-refractivity contribution is 0.0158. The fourth-order valence-electron chi connectivity index (χ4n) is 9.59. The number of phenolic OH excluding ortho intramolecular Hbond substituents is 1. The molecular formula is C46H52F3N9O2. The van der Waals surface area contributed by atoms with Crippen molar-refractivity contribution in [2.24, 2.45) is 0 Å². The maximum absolute atomic E-state index is 16.4. The minimum atomic E-state index is -1.43. The second-order valence-corrected chi connectivity index (χ2v) is 16.7. The van der Waals surface area contributed by atoms with Crippen LogP contribution in [0.25, 0.3) is 22.2 Å². The topological polar surface area (TPSA) is 119 Å². The molecule has 5 aromatic rings. The van der Waals surface area contributed by atoms with Gasteiger partial charge in [-0.25, -0.2) is 13.2 Å². The second kappa shape index (κ2) is 16.5. The molecule has 0 aliphatic carbocycles. The number of aromatic nitrogens is 3.